The molecular weight excluding hydrogens is 252 g/mol. The Morgan fingerprint density at radius 3 is 3.00 bits per heavy atom. The number of aromatic nitrogens is 3. The molecular formula is C11H10N4O2S. The number of hydrogen-bond acceptors (Lipinski definition) is 5. The molecule has 7 heteroatoms. The highest BCUT2D eigenvalue weighted by Crippen LogP contribution is 2.40. The van der Waals surface area contributed by atoms with Crippen LogP contribution in [0.15, 0.2) is 22.6 Å². The van der Waals surface area contributed by atoms with Gasteiger partial charge < -0.3 is 4.98 Å². The molecule has 0 aromatic carbocycles. The summed E-state index contributed by atoms with van der Waals surface area (Å²) < 4.78 is 0. The van der Waals surface area contributed by atoms with Crippen molar-refractivity contribution in [1.82, 2.24) is 15.0 Å². The first-order valence-electron chi connectivity index (χ1n) is 5.54. The van der Waals surface area contributed by atoms with E-state index in [0.29, 0.717) is 11.0 Å². The first-order valence-corrected chi connectivity index (χ1v) is 6.42. The summed E-state index contributed by atoms with van der Waals surface area (Å²) in [6, 6.07) is 0. The Morgan fingerprint density at radius 1 is 1.50 bits per heavy atom. The first-order chi connectivity index (χ1) is 8.72. The van der Waals surface area contributed by atoms with Gasteiger partial charge in [0.1, 0.15) is 5.69 Å². The Balaban J connectivity index is 1.72. The van der Waals surface area contributed by atoms with Gasteiger partial charge in [-0.3, -0.25) is 14.9 Å². The van der Waals surface area contributed by atoms with Crippen molar-refractivity contribution >= 4 is 22.4 Å². The molecule has 18 heavy (non-hydrogen) atoms. The molecule has 6 nitrogen and oxygen atoms in total. The average molecular weight is 262 g/mol. The number of nitrogens with zero attached hydrogens (tertiary/aromatic N) is 2. The molecule has 2 heterocycles. The lowest BCUT2D eigenvalue weighted by atomic mass is 10.3. The standard InChI is InChI=1S/C11H10N4O2S/c16-9-4-12-7(3-13-9)10(17)15-11-14-8(5-18-11)6-1-2-6/h3-6H,1-2H2,(H,13,16)(H,14,15,17). The van der Waals surface area contributed by atoms with Crippen LogP contribution in [-0.2, 0) is 0 Å². The van der Waals surface area contributed by atoms with E-state index in [1.165, 1.54) is 30.4 Å². The molecule has 0 aliphatic heterocycles. The molecule has 0 radical (unpaired) electrons. The maximum absolute atomic E-state index is 11.8. The highest BCUT2D eigenvalue weighted by Gasteiger charge is 2.26. The van der Waals surface area contributed by atoms with Gasteiger partial charge in [-0.05, 0) is 12.8 Å². The first kappa shape index (κ1) is 11.1. The molecule has 0 bridgehead atoms. The minimum Gasteiger partial charge on any atom is -0.325 e. The number of thiazole rings is 1. The monoisotopic (exact) mass is 262 g/mol. The Hall–Kier alpha value is -2.02. The van der Waals surface area contributed by atoms with Gasteiger partial charge in [0.2, 0.25) is 0 Å². The van der Waals surface area contributed by atoms with Crippen LogP contribution in [0.1, 0.15) is 34.9 Å². The molecule has 0 atom stereocenters. The van der Waals surface area contributed by atoms with Gasteiger partial charge >= 0.3 is 0 Å². The van der Waals surface area contributed by atoms with E-state index in [2.05, 4.69) is 20.3 Å². The number of aromatic amines is 1. The Morgan fingerprint density at radius 2 is 2.33 bits per heavy atom. The molecule has 3 rings (SSSR count). The van der Waals surface area contributed by atoms with Crippen molar-refractivity contribution in [2.75, 3.05) is 5.32 Å². The zero-order chi connectivity index (χ0) is 12.5. The van der Waals surface area contributed by atoms with Crippen LogP contribution in [0.5, 0.6) is 0 Å². The van der Waals surface area contributed by atoms with Crippen LogP contribution in [0.4, 0.5) is 5.13 Å². The fourth-order valence-corrected chi connectivity index (χ4v) is 2.32. The van der Waals surface area contributed by atoms with Crippen molar-refractivity contribution in [2.45, 2.75) is 18.8 Å². The van der Waals surface area contributed by atoms with Gasteiger partial charge in [-0.25, -0.2) is 9.97 Å². The van der Waals surface area contributed by atoms with Crippen LogP contribution in [0.25, 0.3) is 0 Å². The minimum atomic E-state index is -0.372. The van der Waals surface area contributed by atoms with Gasteiger partial charge in [-0.15, -0.1) is 11.3 Å². The van der Waals surface area contributed by atoms with Crippen molar-refractivity contribution in [3.05, 3.63) is 39.5 Å². The summed E-state index contributed by atoms with van der Waals surface area (Å²) in [6.07, 6.45) is 4.72. The lowest BCUT2D eigenvalue weighted by molar-refractivity contribution is 0.102. The summed E-state index contributed by atoms with van der Waals surface area (Å²) in [4.78, 5) is 33.1. The number of anilines is 1. The maximum Gasteiger partial charge on any atom is 0.277 e. The van der Waals surface area contributed by atoms with E-state index in [1.807, 2.05) is 5.38 Å². The molecule has 1 fully saturated rings. The molecule has 2 aromatic heterocycles. The molecule has 0 spiro atoms. The number of rotatable bonds is 3. The van der Waals surface area contributed by atoms with Crippen LogP contribution in [0.2, 0.25) is 0 Å². The molecule has 1 aliphatic rings. The van der Waals surface area contributed by atoms with E-state index >= 15 is 0 Å². The molecule has 1 saturated carbocycles. The van der Waals surface area contributed by atoms with Gasteiger partial charge in [-0.2, -0.15) is 0 Å². The molecule has 2 N–H and O–H groups in total. The molecule has 0 saturated heterocycles. The highest BCUT2D eigenvalue weighted by molar-refractivity contribution is 7.14. The number of amides is 1. The van der Waals surface area contributed by atoms with Crippen molar-refractivity contribution in [2.24, 2.45) is 0 Å². The second-order valence-corrected chi connectivity index (χ2v) is 4.96. The number of carbonyl (C=O) groups excluding carboxylic acids is 1. The smallest absolute Gasteiger partial charge is 0.277 e. The van der Waals surface area contributed by atoms with Crippen LogP contribution in [0, 0.1) is 0 Å². The quantitative estimate of drug-likeness (QED) is 0.874. The topological polar surface area (TPSA) is 87.7 Å². The second-order valence-electron chi connectivity index (χ2n) is 4.10. The normalized spacial score (nSPS) is 14.4. The predicted octanol–water partition coefficient (Wildman–Crippen LogP) is 1.36. The van der Waals surface area contributed by atoms with Gasteiger partial charge in [0.05, 0.1) is 11.9 Å². The van der Waals surface area contributed by atoms with Crippen LogP contribution in [0.3, 0.4) is 0 Å². The number of carbonyl (C=O) groups is 1. The van der Waals surface area contributed by atoms with Crippen molar-refractivity contribution < 1.29 is 4.79 Å². The Bertz CT molecular complexity index is 624. The zero-order valence-corrected chi connectivity index (χ0v) is 10.2. The molecule has 1 amide bonds. The Labute approximate surface area is 106 Å². The molecule has 1 aliphatic carbocycles. The summed E-state index contributed by atoms with van der Waals surface area (Å²) >= 11 is 1.40. The summed E-state index contributed by atoms with van der Waals surface area (Å²) in [5, 5.41) is 5.20. The van der Waals surface area contributed by atoms with Crippen molar-refractivity contribution in [3.8, 4) is 0 Å². The van der Waals surface area contributed by atoms with E-state index in [0.717, 1.165) is 11.9 Å². The maximum atomic E-state index is 11.8. The van der Waals surface area contributed by atoms with E-state index in [9.17, 15) is 9.59 Å². The molecule has 2 aromatic rings. The fourth-order valence-electron chi connectivity index (χ4n) is 1.54. The third kappa shape index (κ3) is 2.30. The third-order valence-corrected chi connectivity index (χ3v) is 3.42. The summed E-state index contributed by atoms with van der Waals surface area (Å²) in [6.45, 7) is 0. The van der Waals surface area contributed by atoms with E-state index in [1.54, 1.807) is 0 Å². The molecule has 92 valence electrons. The number of nitrogens with one attached hydrogen (secondary N) is 2. The number of hydrogen-bond donors (Lipinski definition) is 2. The largest absolute Gasteiger partial charge is 0.325 e. The van der Waals surface area contributed by atoms with Gasteiger partial charge in [0.15, 0.2) is 5.13 Å². The fraction of sp³-hybridized carbons (Fsp3) is 0.273. The van der Waals surface area contributed by atoms with E-state index in [4.69, 9.17) is 0 Å². The zero-order valence-electron chi connectivity index (χ0n) is 9.34. The van der Waals surface area contributed by atoms with Crippen molar-refractivity contribution in [3.63, 3.8) is 0 Å². The van der Waals surface area contributed by atoms with Gasteiger partial charge in [0.25, 0.3) is 11.5 Å². The SMILES string of the molecule is O=C(Nc1nc(C2CC2)cs1)c1c[nH]c(=O)cn1. The van der Waals surface area contributed by atoms with Crippen LogP contribution >= 0.6 is 11.3 Å². The van der Waals surface area contributed by atoms with Gasteiger partial charge in [0, 0.05) is 17.5 Å². The highest BCUT2D eigenvalue weighted by atomic mass is 32.1. The lowest BCUT2D eigenvalue weighted by Crippen LogP contribution is -2.16. The third-order valence-electron chi connectivity index (χ3n) is 2.64. The van der Waals surface area contributed by atoms with Crippen molar-refractivity contribution in [1.29, 1.82) is 0 Å². The molecule has 0 unspecified atom stereocenters. The van der Waals surface area contributed by atoms with E-state index in [-0.39, 0.29) is 17.2 Å². The summed E-state index contributed by atoms with van der Waals surface area (Å²) in [7, 11) is 0. The summed E-state index contributed by atoms with van der Waals surface area (Å²) in [5.41, 5.74) is 0.874. The number of H-pyrrole nitrogens is 1. The van der Waals surface area contributed by atoms with Gasteiger partial charge in [-0.1, -0.05) is 0 Å². The average Bonchev–Trinajstić information content (AvgIpc) is 3.11. The van der Waals surface area contributed by atoms with E-state index < -0.39 is 0 Å². The predicted molar refractivity (Wildman–Crippen MR) is 66.9 cm³/mol. The lowest BCUT2D eigenvalue weighted by Gasteiger charge is -1.99. The Kier molecular flexibility index (Phi) is 2.67. The summed E-state index contributed by atoms with van der Waals surface area (Å²) in [5.74, 6) is 0.195. The van der Waals surface area contributed by atoms with Crippen LogP contribution < -0.4 is 10.9 Å². The minimum absolute atomic E-state index is 0.165. The second kappa shape index (κ2) is 4.34. The van der Waals surface area contributed by atoms with Crippen LogP contribution in [-0.4, -0.2) is 20.9 Å².